The Labute approximate surface area is 111 Å². The maximum Gasteiger partial charge on any atom is 0.293 e. The molecule has 19 heavy (non-hydrogen) atoms. The van der Waals surface area contributed by atoms with Crippen LogP contribution in [0.1, 0.15) is 17.3 Å². The number of ether oxygens (including phenoxy) is 1. The van der Waals surface area contributed by atoms with Gasteiger partial charge in [0.2, 0.25) is 0 Å². The fourth-order valence-corrected chi connectivity index (χ4v) is 1.52. The van der Waals surface area contributed by atoms with E-state index >= 15 is 0 Å². The molecule has 1 aromatic carbocycles. The summed E-state index contributed by atoms with van der Waals surface area (Å²) in [5.74, 6) is -0.356. The molecule has 0 aliphatic heterocycles. The molecule has 0 fully saturated rings. The van der Waals surface area contributed by atoms with Crippen molar-refractivity contribution < 1.29 is 14.5 Å². The summed E-state index contributed by atoms with van der Waals surface area (Å²) in [6.45, 7) is 3.23. The van der Waals surface area contributed by atoms with E-state index in [2.05, 4.69) is 10.6 Å². The first-order chi connectivity index (χ1) is 9.10. The van der Waals surface area contributed by atoms with Crippen molar-refractivity contribution in [2.24, 2.45) is 0 Å². The standard InChI is InChI=1S/C12H17N3O4/c1-3-19-7-6-14-12(16)9-4-5-10(13-2)11(8-9)15(17)18/h4-5,8,13H,3,6-7H2,1-2H3,(H,14,16). The van der Waals surface area contributed by atoms with Gasteiger partial charge in [0, 0.05) is 31.8 Å². The first-order valence-electron chi connectivity index (χ1n) is 5.92. The highest BCUT2D eigenvalue weighted by molar-refractivity contribution is 5.95. The number of nitrogens with one attached hydrogen (secondary N) is 2. The second kappa shape index (κ2) is 7.32. The zero-order chi connectivity index (χ0) is 14.3. The first-order valence-corrected chi connectivity index (χ1v) is 5.92. The van der Waals surface area contributed by atoms with Crippen LogP contribution in [0.2, 0.25) is 0 Å². The predicted molar refractivity (Wildman–Crippen MR) is 71.5 cm³/mol. The molecule has 7 nitrogen and oxygen atoms in total. The minimum atomic E-state index is -0.525. The van der Waals surface area contributed by atoms with Gasteiger partial charge in [0.05, 0.1) is 11.5 Å². The number of carbonyl (C=O) groups excluding carboxylic acids is 1. The van der Waals surface area contributed by atoms with Crippen molar-refractivity contribution in [1.82, 2.24) is 5.32 Å². The lowest BCUT2D eigenvalue weighted by molar-refractivity contribution is -0.384. The fraction of sp³-hybridized carbons (Fsp3) is 0.417. The predicted octanol–water partition coefficient (Wildman–Crippen LogP) is 1.40. The van der Waals surface area contributed by atoms with E-state index < -0.39 is 4.92 Å². The number of anilines is 1. The van der Waals surface area contributed by atoms with E-state index in [0.29, 0.717) is 25.4 Å². The summed E-state index contributed by atoms with van der Waals surface area (Å²) < 4.78 is 5.09. The zero-order valence-electron chi connectivity index (χ0n) is 10.9. The second-order valence-electron chi connectivity index (χ2n) is 3.69. The van der Waals surface area contributed by atoms with E-state index in [-0.39, 0.29) is 17.2 Å². The molecule has 0 aliphatic rings. The van der Waals surface area contributed by atoms with Crippen LogP contribution in [0.5, 0.6) is 0 Å². The first kappa shape index (κ1) is 14.9. The number of hydrogen-bond donors (Lipinski definition) is 2. The average Bonchev–Trinajstić information content (AvgIpc) is 2.42. The molecule has 0 radical (unpaired) electrons. The molecule has 1 amide bonds. The van der Waals surface area contributed by atoms with Crippen LogP contribution >= 0.6 is 0 Å². The van der Waals surface area contributed by atoms with Crippen LogP contribution in [0.4, 0.5) is 11.4 Å². The van der Waals surface area contributed by atoms with Gasteiger partial charge in [0.1, 0.15) is 5.69 Å². The summed E-state index contributed by atoms with van der Waals surface area (Å²) in [6.07, 6.45) is 0. The number of benzene rings is 1. The maximum atomic E-state index is 11.8. The van der Waals surface area contributed by atoms with Crippen LogP contribution in [-0.4, -0.2) is 37.6 Å². The smallest absolute Gasteiger partial charge is 0.293 e. The molecule has 1 rings (SSSR count). The van der Waals surface area contributed by atoms with Gasteiger partial charge in [0.15, 0.2) is 0 Å². The summed E-state index contributed by atoms with van der Waals surface area (Å²) >= 11 is 0. The SMILES string of the molecule is CCOCCNC(=O)c1ccc(NC)c([N+](=O)[O-])c1. The van der Waals surface area contributed by atoms with Crippen LogP contribution in [0.25, 0.3) is 0 Å². The second-order valence-corrected chi connectivity index (χ2v) is 3.69. The Balaban J connectivity index is 2.75. The average molecular weight is 267 g/mol. The topological polar surface area (TPSA) is 93.5 Å². The zero-order valence-corrected chi connectivity index (χ0v) is 10.9. The van der Waals surface area contributed by atoms with E-state index in [1.54, 1.807) is 7.05 Å². The normalized spacial score (nSPS) is 10.0. The number of nitro benzene ring substituents is 1. The Hall–Kier alpha value is -2.15. The van der Waals surface area contributed by atoms with E-state index in [4.69, 9.17) is 4.74 Å². The molecule has 0 saturated heterocycles. The van der Waals surface area contributed by atoms with Crippen molar-refractivity contribution in [3.63, 3.8) is 0 Å². The molecular formula is C12H17N3O4. The van der Waals surface area contributed by atoms with Gasteiger partial charge in [-0.15, -0.1) is 0 Å². The van der Waals surface area contributed by atoms with Crippen molar-refractivity contribution in [2.45, 2.75) is 6.92 Å². The van der Waals surface area contributed by atoms with Crippen molar-refractivity contribution in [1.29, 1.82) is 0 Å². The fourth-order valence-electron chi connectivity index (χ4n) is 1.52. The van der Waals surface area contributed by atoms with Gasteiger partial charge in [-0.1, -0.05) is 0 Å². The highest BCUT2D eigenvalue weighted by Gasteiger charge is 2.16. The quantitative estimate of drug-likeness (QED) is 0.442. The van der Waals surface area contributed by atoms with Crippen LogP contribution in [0, 0.1) is 10.1 Å². The van der Waals surface area contributed by atoms with Crippen LogP contribution in [0.15, 0.2) is 18.2 Å². The number of nitrogens with zero attached hydrogens (tertiary/aromatic N) is 1. The van der Waals surface area contributed by atoms with E-state index in [1.807, 2.05) is 6.92 Å². The summed E-state index contributed by atoms with van der Waals surface area (Å²) in [6, 6.07) is 4.30. The van der Waals surface area contributed by atoms with Gasteiger partial charge >= 0.3 is 0 Å². The van der Waals surface area contributed by atoms with Gasteiger partial charge in [-0.3, -0.25) is 14.9 Å². The lowest BCUT2D eigenvalue weighted by Crippen LogP contribution is -2.27. The molecule has 104 valence electrons. The minimum absolute atomic E-state index is 0.125. The van der Waals surface area contributed by atoms with E-state index in [0.717, 1.165) is 0 Å². The summed E-state index contributed by atoms with van der Waals surface area (Å²) in [4.78, 5) is 22.1. The van der Waals surface area contributed by atoms with Crippen LogP contribution < -0.4 is 10.6 Å². The number of amides is 1. The Morgan fingerprint density at radius 1 is 1.47 bits per heavy atom. The van der Waals surface area contributed by atoms with Gasteiger partial charge in [0.25, 0.3) is 11.6 Å². The number of nitro groups is 1. The number of carbonyl (C=O) groups is 1. The van der Waals surface area contributed by atoms with Crippen LogP contribution in [-0.2, 0) is 4.74 Å². The Bertz CT molecular complexity index is 462. The van der Waals surface area contributed by atoms with E-state index in [1.165, 1.54) is 18.2 Å². The highest BCUT2D eigenvalue weighted by atomic mass is 16.6. The van der Waals surface area contributed by atoms with Crippen LogP contribution in [0.3, 0.4) is 0 Å². The van der Waals surface area contributed by atoms with Crippen molar-refractivity contribution in [3.8, 4) is 0 Å². The number of rotatable bonds is 7. The van der Waals surface area contributed by atoms with Crippen molar-refractivity contribution in [2.75, 3.05) is 32.1 Å². The monoisotopic (exact) mass is 267 g/mol. The lowest BCUT2D eigenvalue weighted by atomic mass is 10.1. The molecule has 1 aromatic rings. The third-order valence-electron chi connectivity index (χ3n) is 2.46. The Kier molecular flexibility index (Phi) is 5.74. The molecule has 0 aliphatic carbocycles. The molecule has 0 heterocycles. The summed E-state index contributed by atoms with van der Waals surface area (Å²) in [7, 11) is 1.59. The molecule has 7 heteroatoms. The molecule has 0 spiro atoms. The Morgan fingerprint density at radius 3 is 2.79 bits per heavy atom. The highest BCUT2D eigenvalue weighted by Crippen LogP contribution is 2.24. The largest absolute Gasteiger partial charge is 0.383 e. The molecule has 0 aromatic heterocycles. The molecule has 0 atom stereocenters. The Morgan fingerprint density at radius 2 is 2.21 bits per heavy atom. The third kappa shape index (κ3) is 4.22. The molecule has 0 bridgehead atoms. The van der Waals surface area contributed by atoms with Gasteiger partial charge in [-0.25, -0.2) is 0 Å². The van der Waals surface area contributed by atoms with Gasteiger partial charge < -0.3 is 15.4 Å². The lowest BCUT2D eigenvalue weighted by Gasteiger charge is -2.07. The molecule has 0 saturated carbocycles. The van der Waals surface area contributed by atoms with Gasteiger partial charge in [-0.05, 0) is 19.1 Å². The van der Waals surface area contributed by atoms with E-state index in [9.17, 15) is 14.9 Å². The molecule has 2 N–H and O–H groups in total. The summed E-state index contributed by atoms with van der Waals surface area (Å²) in [5.41, 5.74) is 0.498. The summed E-state index contributed by atoms with van der Waals surface area (Å²) in [5, 5.41) is 16.2. The third-order valence-corrected chi connectivity index (χ3v) is 2.46. The van der Waals surface area contributed by atoms with Gasteiger partial charge in [-0.2, -0.15) is 0 Å². The van der Waals surface area contributed by atoms with Crippen molar-refractivity contribution in [3.05, 3.63) is 33.9 Å². The maximum absolute atomic E-state index is 11.8. The molecule has 0 unspecified atom stereocenters. The van der Waals surface area contributed by atoms with Crippen molar-refractivity contribution >= 4 is 17.3 Å². The minimum Gasteiger partial charge on any atom is -0.383 e. The number of hydrogen-bond acceptors (Lipinski definition) is 5. The molecular weight excluding hydrogens is 250 g/mol.